The van der Waals surface area contributed by atoms with Gasteiger partial charge in [0.05, 0.1) is 66.9 Å². The molecule has 0 atom stereocenters. The molecule has 10 aromatic heterocycles. The van der Waals surface area contributed by atoms with Crippen LogP contribution in [0.4, 0.5) is 0 Å². The van der Waals surface area contributed by atoms with E-state index in [2.05, 4.69) is 253 Å². The molecule has 0 amide bonds. The molecule has 124 heavy (non-hydrogen) atoms. The summed E-state index contributed by atoms with van der Waals surface area (Å²) in [6.45, 7) is 0. The molecule has 0 aliphatic heterocycles. The SMILES string of the molecule is c1ccc(-c2nc(-c3ccccc3)nc(-c3ccc4ccc(-c5ccc6nc(-c7ccc(-c8ccc9ccc%10cccnc%10c9n8)c8ccccc78)ccc6c5)cc4n3)n2)cc1.c1ccc(-c2nc(-c3ccccc3)nc(-c3ccc4ccc(-c5ccc6nc(-c7ccc8cc(-c9ccc%10ccc%11cccnc%11c%10n9)ccc8c7)ccc6c5)cc4n3)n2)cc1. The fourth-order valence-electron chi connectivity index (χ4n) is 16.7. The molecule has 0 spiro atoms. The Morgan fingerprint density at radius 3 is 0.871 bits per heavy atom. The zero-order chi connectivity index (χ0) is 82.0. The highest BCUT2D eigenvalue weighted by Crippen LogP contribution is 2.40. The molecular formula is C110H66N14. The van der Waals surface area contributed by atoms with Crippen molar-refractivity contribution < 1.29 is 0 Å². The van der Waals surface area contributed by atoms with Crippen LogP contribution in [-0.2, 0) is 0 Å². The van der Waals surface area contributed by atoms with E-state index < -0.39 is 0 Å². The van der Waals surface area contributed by atoms with Gasteiger partial charge in [-0.2, -0.15) is 0 Å². The van der Waals surface area contributed by atoms with Gasteiger partial charge >= 0.3 is 0 Å². The van der Waals surface area contributed by atoms with Crippen LogP contribution in [-0.4, -0.2) is 69.8 Å². The van der Waals surface area contributed by atoms with Gasteiger partial charge in [-0.1, -0.05) is 291 Å². The van der Waals surface area contributed by atoms with Gasteiger partial charge in [-0.25, -0.2) is 59.8 Å². The maximum absolute atomic E-state index is 5.21. The summed E-state index contributed by atoms with van der Waals surface area (Å²) in [4.78, 5) is 69.4. The third-order valence-electron chi connectivity index (χ3n) is 23.1. The molecule has 14 heteroatoms. The fourth-order valence-corrected chi connectivity index (χ4v) is 16.7. The van der Waals surface area contributed by atoms with Crippen LogP contribution in [0.5, 0.6) is 0 Å². The van der Waals surface area contributed by atoms with Crippen molar-refractivity contribution in [2.24, 2.45) is 0 Å². The first-order valence-electron chi connectivity index (χ1n) is 41.1. The van der Waals surface area contributed by atoms with Crippen molar-refractivity contribution in [1.82, 2.24) is 69.8 Å². The van der Waals surface area contributed by atoms with Gasteiger partial charge < -0.3 is 0 Å². The summed E-state index contributed by atoms with van der Waals surface area (Å²) in [5.74, 6) is 3.47. The topological polar surface area (TPSA) is 180 Å². The Morgan fingerprint density at radius 2 is 0.427 bits per heavy atom. The van der Waals surface area contributed by atoms with Crippen LogP contribution in [0.15, 0.2) is 401 Å². The molecule has 0 aliphatic rings. The van der Waals surface area contributed by atoms with E-state index in [-0.39, 0.29) is 0 Å². The van der Waals surface area contributed by atoms with Crippen LogP contribution in [0.1, 0.15) is 0 Å². The van der Waals surface area contributed by atoms with Gasteiger partial charge in [-0.3, -0.25) is 9.97 Å². The molecule has 0 aliphatic carbocycles. The Morgan fingerprint density at radius 1 is 0.137 bits per heavy atom. The van der Waals surface area contributed by atoms with E-state index >= 15 is 0 Å². The number of fused-ring (bicyclic) bond motifs is 12. The Kier molecular flexibility index (Phi) is 17.9. The molecule has 14 aromatic carbocycles. The number of aromatic nitrogens is 14. The monoisotopic (exact) mass is 1580 g/mol. The normalized spacial score (nSPS) is 11.5. The molecule has 10 heterocycles. The molecule has 0 saturated carbocycles. The minimum atomic E-state index is 0.525. The summed E-state index contributed by atoms with van der Waals surface area (Å²) in [7, 11) is 0. The molecule has 0 unspecified atom stereocenters. The average Bonchev–Trinajstić information content (AvgIpc) is 0.741. The van der Waals surface area contributed by atoms with E-state index in [0.29, 0.717) is 46.3 Å². The lowest BCUT2D eigenvalue weighted by molar-refractivity contribution is 1.06. The van der Waals surface area contributed by atoms with Crippen molar-refractivity contribution in [2.75, 3.05) is 0 Å². The number of rotatable bonds is 12. The highest BCUT2D eigenvalue weighted by Gasteiger charge is 2.20. The number of hydrogen-bond donors (Lipinski definition) is 0. The molecule has 0 radical (unpaired) electrons. The molecule has 24 rings (SSSR count). The highest BCUT2D eigenvalue weighted by atomic mass is 15.1. The van der Waals surface area contributed by atoms with E-state index in [9.17, 15) is 0 Å². The lowest BCUT2D eigenvalue weighted by atomic mass is 9.95. The second kappa shape index (κ2) is 30.7. The summed E-state index contributed by atoms with van der Waals surface area (Å²) < 4.78 is 0. The number of pyridine rings is 8. The largest absolute Gasteiger partial charge is 0.254 e. The van der Waals surface area contributed by atoms with Crippen LogP contribution in [0.3, 0.4) is 0 Å². The molecule has 0 bridgehead atoms. The van der Waals surface area contributed by atoms with Gasteiger partial charge in [0, 0.05) is 100.0 Å². The van der Waals surface area contributed by atoms with Crippen molar-refractivity contribution in [3.05, 3.63) is 401 Å². The van der Waals surface area contributed by atoms with Crippen LogP contribution in [0, 0.1) is 0 Å². The first kappa shape index (κ1) is 72.2. The number of benzene rings is 14. The predicted molar refractivity (Wildman–Crippen MR) is 502 cm³/mol. The highest BCUT2D eigenvalue weighted by molar-refractivity contribution is 6.08. The summed E-state index contributed by atoms with van der Waals surface area (Å²) in [5.41, 5.74) is 24.6. The maximum Gasteiger partial charge on any atom is 0.182 e. The van der Waals surface area contributed by atoms with E-state index in [1.807, 2.05) is 158 Å². The second-order valence-electron chi connectivity index (χ2n) is 30.8. The minimum absolute atomic E-state index is 0.525. The van der Waals surface area contributed by atoms with Gasteiger partial charge in [0.15, 0.2) is 34.9 Å². The van der Waals surface area contributed by atoms with Crippen molar-refractivity contribution in [3.63, 3.8) is 0 Å². The van der Waals surface area contributed by atoms with Crippen LogP contribution >= 0.6 is 0 Å². The average molecular weight is 1580 g/mol. The maximum atomic E-state index is 5.21. The summed E-state index contributed by atoms with van der Waals surface area (Å²) in [6.07, 6.45) is 3.66. The van der Waals surface area contributed by atoms with Crippen LogP contribution in [0.2, 0.25) is 0 Å². The first-order chi connectivity index (χ1) is 61.3. The summed E-state index contributed by atoms with van der Waals surface area (Å²) in [6, 6.07) is 133. The standard InChI is InChI=1S/2C55H33N7/c1-3-10-37(11-4-1)53-60-54(38-12-5-2-6-13-38)62-55(61-53)49-30-21-34-17-20-40(33-50(34)58-49)39-23-27-46-41(32-39)24-29-47(57-46)44-25-26-45(43-16-8-7-15-42(43)44)48-28-22-36-19-18-35-14-9-31-56-51(35)52(36)59-48;1-3-8-37(9-4-1)53-60-54(38-10-5-2-6-11-38)62-55(61-53)49-28-21-34-13-16-42(33-50(34)58-49)41-23-26-46-45(32-41)24-27-47(57-46)43-19-17-40-31-44(20-18-39(40)30-43)48-25-22-36-15-14-35-12-7-29-56-51(35)52(36)59-48/h2*1-33H. The third kappa shape index (κ3) is 13.8. The van der Waals surface area contributed by atoms with Gasteiger partial charge in [-0.05, 0) is 141 Å². The molecular weight excluding hydrogens is 1520 g/mol. The summed E-state index contributed by atoms with van der Waals surface area (Å²) in [5, 5.41) is 13.1. The number of hydrogen-bond acceptors (Lipinski definition) is 14. The molecule has 0 fully saturated rings. The van der Waals surface area contributed by atoms with Crippen LogP contribution in [0.25, 0.3) is 245 Å². The smallest absolute Gasteiger partial charge is 0.182 e. The lowest BCUT2D eigenvalue weighted by Gasteiger charge is -2.13. The quantitative estimate of drug-likeness (QED) is 0.105. The fraction of sp³-hybridized carbons (Fsp3) is 0. The molecule has 0 saturated heterocycles. The molecule has 576 valence electrons. The zero-order valence-electron chi connectivity index (χ0n) is 66.4. The molecule has 24 aromatic rings. The first-order valence-corrected chi connectivity index (χ1v) is 41.1. The predicted octanol–water partition coefficient (Wildman–Crippen LogP) is 26.4. The number of nitrogens with zero attached hydrogens (tertiary/aromatic N) is 14. The van der Waals surface area contributed by atoms with E-state index in [1.165, 1.54) is 0 Å². The van der Waals surface area contributed by atoms with E-state index in [4.69, 9.17) is 59.8 Å². The second-order valence-corrected chi connectivity index (χ2v) is 30.8. The third-order valence-corrected chi connectivity index (χ3v) is 23.1. The van der Waals surface area contributed by atoms with E-state index in [1.54, 1.807) is 0 Å². The Labute approximate surface area is 710 Å². The lowest BCUT2D eigenvalue weighted by Crippen LogP contribution is -2.01. The Bertz CT molecular complexity index is 8270. The Hall–Kier alpha value is -17.1. The van der Waals surface area contributed by atoms with Crippen molar-refractivity contribution >= 4 is 109 Å². The van der Waals surface area contributed by atoms with E-state index in [0.717, 1.165) is 198 Å². The molecule has 0 N–H and O–H groups in total. The Balaban J connectivity index is 0.000000143. The van der Waals surface area contributed by atoms with Crippen molar-refractivity contribution in [3.8, 4) is 136 Å². The van der Waals surface area contributed by atoms with Crippen LogP contribution < -0.4 is 0 Å². The molecule has 14 nitrogen and oxygen atoms in total. The van der Waals surface area contributed by atoms with Gasteiger partial charge in [0.25, 0.3) is 0 Å². The van der Waals surface area contributed by atoms with Crippen molar-refractivity contribution in [2.45, 2.75) is 0 Å². The van der Waals surface area contributed by atoms with Gasteiger partial charge in [0.1, 0.15) is 11.4 Å². The zero-order valence-corrected chi connectivity index (χ0v) is 66.4. The summed E-state index contributed by atoms with van der Waals surface area (Å²) >= 11 is 0. The van der Waals surface area contributed by atoms with Gasteiger partial charge in [-0.15, -0.1) is 0 Å². The van der Waals surface area contributed by atoms with Crippen molar-refractivity contribution in [1.29, 1.82) is 0 Å². The van der Waals surface area contributed by atoms with Gasteiger partial charge in [0.2, 0.25) is 0 Å². The minimum Gasteiger partial charge on any atom is -0.254 e.